The molecule has 1 aromatic heterocycles. The molecule has 2 heterocycles. The first-order chi connectivity index (χ1) is 7.92. The van der Waals surface area contributed by atoms with E-state index in [1.165, 1.54) is 16.7 Å². The number of hydrogen-bond acceptors (Lipinski definition) is 4. The molecule has 0 spiro atoms. The number of aliphatic hydroxyl groups is 1. The summed E-state index contributed by atoms with van der Waals surface area (Å²) in [5, 5.41) is 16.1. The topological polar surface area (TPSA) is 86.3 Å². The second kappa shape index (κ2) is 4.40. The molecule has 0 bridgehead atoms. The monoisotopic (exact) mass is 259 g/mol. The van der Waals surface area contributed by atoms with Gasteiger partial charge in [-0.1, -0.05) is 0 Å². The summed E-state index contributed by atoms with van der Waals surface area (Å²) < 4.78 is 25.8. The number of H-pyrrole nitrogens is 1. The van der Waals surface area contributed by atoms with Crippen LogP contribution in [0.5, 0.6) is 0 Å². The minimum absolute atomic E-state index is 0.180. The lowest BCUT2D eigenvalue weighted by Gasteiger charge is -2.21. The van der Waals surface area contributed by atoms with Gasteiger partial charge in [0.15, 0.2) is 0 Å². The van der Waals surface area contributed by atoms with Crippen LogP contribution in [0.4, 0.5) is 0 Å². The molecule has 17 heavy (non-hydrogen) atoms. The Morgan fingerprint density at radius 2 is 2.24 bits per heavy atom. The zero-order valence-electron chi connectivity index (χ0n) is 9.76. The van der Waals surface area contributed by atoms with Gasteiger partial charge >= 0.3 is 0 Å². The Kier molecular flexibility index (Phi) is 3.24. The Balaban J connectivity index is 2.18. The highest BCUT2D eigenvalue weighted by Crippen LogP contribution is 2.25. The largest absolute Gasteiger partial charge is 0.390 e. The molecule has 1 aromatic rings. The van der Waals surface area contributed by atoms with Crippen LogP contribution in [-0.2, 0) is 10.0 Å². The lowest BCUT2D eigenvalue weighted by atomic mass is 9.98. The van der Waals surface area contributed by atoms with E-state index in [-0.39, 0.29) is 4.90 Å². The van der Waals surface area contributed by atoms with Crippen LogP contribution in [0.2, 0.25) is 0 Å². The minimum Gasteiger partial charge on any atom is -0.390 e. The molecule has 1 saturated heterocycles. The van der Waals surface area contributed by atoms with Crippen LogP contribution >= 0.6 is 0 Å². The first kappa shape index (κ1) is 12.5. The third-order valence-electron chi connectivity index (χ3n) is 3.13. The van der Waals surface area contributed by atoms with Crippen LogP contribution in [0, 0.1) is 0 Å². The second-order valence-corrected chi connectivity index (χ2v) is 6.63. The smallest absolute Gasteiger partial charge is 0.246 e. The highest BCUT2D eigenvalue weighted by Gasteiger charge is 2.31. The van der Waals surface area contributed by atoms with Gasteiger partial charge in [0.1, 0.15) is 4.90 Å². The summed E-state index contributed by atoms with van der Waals surface area (Å²) in [6.45, 7) is 2.55. The fraction of sp³-hybridized carbons (Fsp3) is 0.700. The maximum Gasteiger partial charge on any atom is 0.246 e. The van der Waals surface area contributed by atoms with Gasteiger partial charge in [-0.2, -0.15) is 9.40 Å². The number of hydrogen-bond donors (Lipinski definition) is 2. The molecule has 2 rings (SSSR count). The van der Waals surface area contributed by atoms with Gasteiger partial charge in [0.25, 0.3) is 0 Å². The number of aromatic amines is 1. The molecule has 0 saturated carbocycles. The Labute approximate surface area is 101 Å². The maximum absolute atomic E-state index is 12.2. The first-order valence-electron chi connectivity index (χ1n) is 5.63. The lowest BCUT2D eigenvalue weighted by molar-refractivity contribution is 0.0465. The molecule has 1 aliphatic rings. The van der Waals surface area contributed by atoms with E-state index in [9.17, 15) is 13.5 Å². The van der Waals surface area contributed by atoms with Gasteiger partial charge in [-0.3, -0.25) is 5.10 Å². The molecule has 1 aliphatic heterocycles. The van der Waals surface area contributed by atoms with Crippen molar-refractivity contribution in [2.75, 3.05) is 13.1 Å². The Bertz CT molecular complexity index is 467. The molecule has 0 aliphatic carbocycles. The van der Waals surface area contributed by atoms with Crippen molar-refractivity contribution in [2.45, 2.75) is 36.7 Å². The van der Waals surface area contributed by atoms with Gasteiger partial charge in [-0.25, -0.2) is 8.42 Å². The van der Waals surface area contributed by atoms with Crippen molar-refractivity contribution in [2.24, 2.45) is 0 Å². The molecule has 1 fully saturated rings. The Hall–Kier alpha value is -0.920. The molecule has 1 unspecified atom stereocenters. The zero-order valence-corrected chi connectivity index (χ0v) is 10.6. The highest BCUT2D eigenvalue weighted by atomic mass is 32.2. The Morgan fingerprint density at radius 1 is 1.47 bits per heavy atom. The minimum atomic E-state index is -3.46. The van der Waals surface area contributed by atoms with Crippen LogP contribution in [0.3, 0.4) is 0 Å². The van der Waals surface area contributed by atoms with Crippen LogP contribution < -0.4 is 0 Å². The lowest BCUT2D eigenvalue weighted by Crippen LogP contribution is -2.33. The summed E-state index contributed by atoms with van der Waals surface area (Å²) in [6, 6.07) is 0. The zero-order chi connectivity index (χ0) is 12.5. The van der Waals surface area contributed by atoms with Crippen molar-refractivity contribution in [3.05, 3.63) is 12.4 Å². The Morgan fingerprint density at radius 3 is 2.88 bits per heavy atom. The van der Waals surface area contributed by atoms with E-state index in [1.54, 1.807) is 6.92 Å². The molecule has 0 amide bonds. The average molecular weight is 259 g/mol. The highest BCUT2D eigenvalue weighted by molar-refractivity contribution is 7.89. The van der Waals surface area contributed by atoms with E-state index in [1.807, 2.05) is 0 Å². The van der Waals surface area contributed by atoms with Gasteiger partial charge in [0, 0.05) is 19.3 Å². The van der Waals surface area contributed by atoms with Gasteiger partial charge < -0.3 is 5.11 Å². The third-order valence-corrected chi connectivity index (χ3v) is 5.00. The summed E-state index contributed by atoms with van der Waals surface area (Å²) in [4.78, 5) is 0.180. The molecule has 7 heteroatoms. The fourth-order valence-electron chi connectivity index (χ4n) is 2.01. The van der Waals surface area contributed by atoms with Gasteiger partial charge in [0.05, 0.1) is 11.8 Å². The predicted molar refractivity (Wildman–Crippen MR) is 61.8 cm³/mol. The van der Waals surface area contributed by atoms with E-state index in [0.29, 0.717) is 32.4 Å². The molecular formula is C10H17N3O3S. The van der Waals surface area contributed by atoms with Crippen molar-refractivity contribution in [1.82, 2.24) is 14.5 Å². The van der Waals surface area contributed by atoms with E-state index in [4.69, 9.17) is 0 Å². The molecular weight excluding hydrogens is 242 g/mol. The number of rotatable bonds is 2. The third kappa shape index (κ3) is 2.67. The number of nitrogens with zero attached hydrogens (tertiary/aromatic N) is 2. The standard InChI is InChI=1S/C10H17N3O3S/c1-10(14)3-2-5-13(6-4-10)17(15,16)9-7-11-12-8-9/h7-8,14H,2-6H2,1H3,(H,11,12). The van der Waals surface area contributed by atoms with Crippen LogP contribution in [0.25, 0.3) is 0 Å². The van der Waals surface area contributed by atoms with E-state index < -0.39 is 15.6 Å². The second-order valence-electron chi connectivity index (χ2n) is 4.69. The summed E-state index contributed by atoms with van der Waals surface area (Å²) in [5.41, 5.74) is -0.763. The van der Waals surface area contributed by atoms with E-state index in [2.05, 4.69) is 10.2 Å². The molecule has 0 radical (unpaired) electrons. The van der Waals surface area contributed by atoms with Gasteiger partial charge in [-0.15, -0.1) is 0 Å². The number of nitrogens with one attached hydrogen (secondary N) is 1. The van der Waals surface area contributed by atoms with Crippen LogP contribution in [0.1, 0.15) is 26.2 Å². The quantitative estimate of drug-likeness (QED) is 0.801. The average Bonchev–Trinajstić information content (AvgIpc) is 2.70. The molecule has 96 valence electrons. The normalized spacial score (nSPS) is 27.9. The van der Waals surface area contributed by atoms with Crippen LogP contribution in [-0.4, -0.2) is 46.7 Å². The van der Waals surface area contributed by atoms with Crippen molar-refractivity contribution in [1.29, 1.82) is 0 Å². The van der Waals surface area contributed by atoms with Crippen molar-refractivity contribution in [3.63, 3.8) is 0 Å². The summed E-state index contributed by atoms with van der Waals surface area (Å²) >= 11 is 0. The fourth-order valence-corrected chi connectivity index (χ4v) is 3.39. The van der Waals surface area contributed by atoms with Crippen molar-refractivity contribution >= 4 is 10.0 Å². The van der Waals surface area contributed by atoms with Gasteiger partial charge in [-0.05, 0) is 26.2 Å². The maximum atomic E-state index is 12.2. The first-order valence-corrected chi connectivity index (χ1v) is 7.07. The van der Waals surface area contributed by atoms with E-state index in [0.717, 1.165) is 0 Å². The molecule has 0 aromatic carbocycles. The SMILES string of the molecule is CC1(O)CCCN(S(=O)(=O)c2cn[nH]c2)CC1. The predicted octanol–water partition coefficient (Wildman–Crippen LogP) is 0.335. The van der Waals surface area contributed by atoms with E-state index >= 15 is 0 Å². The number of aromatic nitrogens is 2. The number of sulfonamides is 1. The molecule has 1 atom stereocenters. The van der Waals surface area contributed by atoms with Gasteiger partial charge in [0.2, 0.25) is 10.0 Å². The molecule has 2 N–H and O–H groups in total. The van der Waals surface area contributed by atoms with Crippen molar-refractivity contribution < 1.29 is 13.5 Å². The van der Waals surface area contributed by atoms with Crippen molar-refractivity contribution in [3.8, 4) is 0 Å². The van der Waals surface area contributed by atoms with Crippen LogP contribution in [0.15, 0.2) is 17.3 Å². The summed E-state index contributed by atoms with van der Waals surface area (Å²) in [6.07, 6.45) is 4.44. The summed E-state index contributed by atoms with van der Waals surface area (Å²) in [7, 11) is -3.46. The summed E-state index contributed by atoms with van der Waals surface area (Å²) in [5.74, 6) is 0. The molecule has 6 nitrogen and oxygen atoms in total.